The highest BCUT2D eigenvalue weighted by molar-refractivity contribution is 5.82. The van der Waals surface area contributed by atoms with Crippen LogP contribution < -0.4 is 0 Å². The Morgan fingerprint density at radius 2 is 1.12 bits per heavy atom. The maximum atomic E-state index is 5.25. The maximum Gasteiger partial charge on any atom is 0.141 e. The Balaban J connectivity index is 1.72. The van der Waals surface area contributed by atoms with Gasteiger partial charge < -0.3 is 4.57 Å². The number of aryl methyl sites for hydroxylation is 3. The Hall–Kier alpha value is -3.91. The molecule has 0 amide bonds. The van der Waals surface area contributed by atoms with E-state index in [1.54, 1.807) is 0 Å². The molecule has 0 aliphatic carbocycles. The smallest absolute Gasteiger partial charge is 0.141 e. The van der Waals surface area contributed by atoms with Crippen molar-refractivity contribution in [2.45, 2.75) is 26.8 Å². The molecule has 0 atom stereocenters. The molecular formula is C31H28N2. The molecule has 162 valence electrons. The van der Waals surface area contributed by atoms with Crippen molar-refractivity contribution in [3.63, 3.8) is 0 Å². The number of imidazole rings is 1. The molecule has 0 bridgehead atoms. The van der Waals surface area contributed by atoms with E-state index in [0.717, 1.165) is 35.6 Å². The first-order valence-corrected chi connectivity index (χ1v) is 11.5. The number of nitrogens with zero attached hydrogens (tertiary/aromatic N) is 2. The molecule has 0 aliphatic heterocycles. The van der Waals surface area contributed by atoms with Crippen LogP contribution >= 0.6 is 0 Å². The van der Waals surface area contributed by atoms with Crippen LogP contribution in [0.1, 0.15) is 16.7 Å². The topological polar surface area (TPSA) is 17.8 Å². The van der Waals surface area contributed by atoms with Gasteiger partial charge in [-0.1, -0.05) is 120 Å². The van der Waals surface area contributed by atoms with Crippen LogP contribution in [0.5, 0.6) is 0 Å². The summed E-state index contributed by atoms with van der Waals surface area (Å²) in [4.78, 5) is 5.25. The van der Waals surface area contributed by atoms with E-state index in [9.17, 15) is 0 Å². The zero-order valence-corrected chi connectivity index (χ0v) is 19.2. The lowest BCUT2D eigenvalue weighted by molar-refractivity contribution is 0.709. The lowest BCUT2D eigenvalue weighted by atomic mass is 10.0. The van der Waals surface area contributed by atoms with Gasteiger partial charge in [-0.15, -0.1) is 0 Å². The molecule has 1 heterocycles. The number of rotatable bonds is 6. The molecule has 0 saturated carbocycles. The van der Waals surface area contributed by atoms with Gasteiger partial charge in [0.2, 0.25) is 0 Å². The van der Waals surface area contributed by atoms with Gasteiger partial charge >= 0.3 is 0 Å². The largest absolute Gasteiger partial charge is 0.323 e. The van der Waals surface area contributed by atoms with Crippen LogP contribution in [0.25, 0.3) is 33.9 Å². The van der Waals surface area contributed by atoms with E-state index in [4.69, 9.17) is 4.98 Å². The highest BCUT2D eigenvalue weighted by Crippen LogP contribution is 2.36. The van der Waals surface area contributed by atoms with E-state index in [1.165, 1.54) is 27.9 Å². The lowest BCUT2D eigenvalue weighted by Gasteiger charge is -2.14. The van der Waals surface area contributed by atoms with Crippen molar-refractivity contribution in [2.75, 3.05) is 0 Å². The van der Waals surface area contributed by atoms with E-state index in [1.807, 2.05) is 0 Å². The van der Waals surface area contributed by atoms with E-state index in [-0.39, 0.29) is 0 Å². The molecule has 4 aromatic carbocycles. The number of hydrogen-bond donors (Lipinski definition) is 0. The van der Waals surface area contributed by atoms with E-state index in [2.05, 4.69) is 128 Å². The van der Waals surface area contributed by atoms with Crippen molar-refractivity contribution in [2.24, 2.45) is 0 Å². The predicted octanol–water partition coefficient (Wildman–Crippen LogP) is 7.74. The molecule has 0 N–H and O–H groups in total. The normalized spacial score (nSPS) is 11.0. The second kappa shape index (κ2) is 9.30. The fourth-order valence-electron chi connectivity index (χ4n) is 4.28. The van der Waals surface area contributed by atoms with Crippen molar-refractivity contribution in [3.05, 3.63) is 126 Å². The van der Waals surface area contributed by atoms with E-state index < -0.39 is 0 Å². The molecule has 33 heavy (non-hydrogen) atoms. The minimum atomic E-state index is 0.857. The fraction of sp³-hybridized carbons (Fsp3) is 0.129. The lowest BCUT2D eigenvalue weighted by Crippen LogP contribution is -2.06. The Morgan fingerprint density at radius 1 is 0.576 bits per heavy atom. The summed E-state index contributed by atoms with van der Waals surface area (Å²) in [5.74, 6) is 1.01. The summed E-state index contributed by atoms with van der Waals surface area (Å²) in [6, 6.07) is 38.7. The van der Waals surface area contributed by atoms with Crippen LogP contribution in [0.15, 0.2) is 109 Å². The highest BCUT2D eigenvalue weighted by Gasteiger charge is 2.21. The van der Waals surface area contributed by atoms with E-state index in [0.29, 0.717) is 0 Å². The molecule has 2 heteroatoms. The van der Waals surface area contributed by atoms with Crippen LogP contribution in [0, 0.1) is 13.8 Å². The molecule has 0 unspecified atom stereocenters. The molecule has 5 rings (SSSR count). The molecule has 0 spiro atoms. The van der Waals surface area contributed by atoms with Crippen molar-refractivity contribution in [1.82, 2.24) is 9.55 Å². The second-order valence-electron chi connectivity index (χ2n) is 8.62. The Labute approximate surface area is 196 Å². The van der Waals surface area contributed by atoms with Gasteiger partial charge in [0.15, 0.2) is 0 Å². The molecule has 0 aliphatic rings. The van der Waals surface area contributed by atoms with Gasteiger partial charge in [0.25, 0.3) is 0 Å². The quantitative estimate of drug-likeness (QED) is 0.270. The van der Waals surface area contributed by atoms with Crippen molar-refractivity contribution >= 4 is 0 Å². The average molecular weight is 429 g/mol. The Kier molecular flexibility index (Phi) is 5.91. The molecule has 1 aromatic heterocycles. The molecule has 0 saturated heterocycles. The first kappa shape index (κ1) is 21.0. The summed E-state index contributed by atoms with van der Waals surface area (Å²) >= 11 is 0. The van der Waals surface area contributed by atoms with Gasteiger partial charge in [-0.05, 0) is 25.8 Å². The summed E-state index contributed by atoms with van der Waals surface area (Å²) < 4.78 is 2.40. The van der Waals surface area contributed by atoms with Crippen molar-refractivity contribution < 1.29 is 0 Å². The van der Waals surface area contributed by atoms with Gasteiger partial charge in [0.05, 0.1) is 11.4 Å². The summed E-state index contributed by atoms with van der Waals surface area (Å²) in [6.45, 7) is 5.11. The van der Waals surface area contributed by atoms with Gasteiger partial charge in [-0.3, -0.25) is 0 Å². The minimum absolute atomic E-state index is 0.857. The summed E-state index contributed by atoms with van der Waals surface area (Å²) in [7, 11) is 0. The van der Waals surface area contributed by atoms with Gasteiger partial charge in [-0.2, -0.15) is 0 Å². The Morgan fingerprint density at radius 3 is 1.73 bits per heavy atom. The number of aromatic nitrogens is 2. The zero-order chi connectivity index (χ0) is 22.6. The van der Waals surface area contributed by atoms with Crippen LogP contribution in [0.4, 0.5) is 0 Å². The first-order chi connectivity index (χ1) is 16.2. The third-order valence-electron chi connectivity index (χ3n) is 6.12. The van der Waals surface area contributed by atoms with Gasteiger partial charge in [-0.25, -0.2) is 4.98 Å². The monoisotopic (exact) mass is 428 g/mol. The van der Waals surface area contributed by atoms with Gasteiger partial charge in [0.1, 0.15) is 5.82 Å². The van der Waals surface area contributed by atoms with Crippen LogP contribution in [-0.4, -0.2) is 9.55 Å². The third-order valence-corrected chi connectivity index (χ3v) is 6.12. The third kappa shape index (κ3) is 4.51. The Bertz CT molecular complexity index is 1330. The summed E-state index contributed by atoms with van der Waals surface area (Å²) in [6.07, 6.45) is 0.948. The fourth-order valence-corrected chi connectivity index (χ4v) is 4.28. The van der Waals surface area contributed by atoms with Crippen LogP contribution in [0.2, 0.25) is 0 Å². The number of hydrogen-bond acceptors (Lipinski definition) is 1. The van der Waals surface area contributed by atoms with Crippen molar-refractivity contribution in [1.29, 1.82) is 0 Å². The average Bonchev–Trinajstić information content (AvgIpc) is 3.24. The first-order valence-electron chi connectivity index (χ1n) is 11.5. The number of benzene rings is 4. The second-order valence-corrected chi connectivity index (χ2v) is 8.62. The molecule has 5 aromatic rings. The van der Waals surface area contributed by atoms with Crippen molar-refractivity contribution in [3.8, 4) is 33.9 Å². The highest BCUT2D eigenvalue weighted by atomic mass is 15.1. The molecule has 0 radical (unpaired) electrons. The maximum absolute atomic E-state index is 5.25. The van der Waals surface area contributed by atoms with Crippen LogP contribution in [0.3, 0.4) is 0 Å². The summed E-state index contributed by atoms with van der Waals surface area (Å²) in [5, 5.41) is 0. The molecule has 0 fully saturated rings. The molecular weight excluding hydrogens is 400 g/mol. The predicted molar refractivity (Wildman–Crippen MR) is 138 cm³/mol. The zero-order valence-electron chi connectivity index (χ0n) is 19.2. The molecule has 2 nitrogen and oxygen atoms in total. The summed E-state index contributed by atoms with van der Waals surface area (Å²) in [5.41, 5.74) is 9.52. The SMILES string of the molecule is Cc1ccc(-c2nc(-c3ccccc3)n(CCc3ccccc3)c2-c2ccc(C)cc2)cc1. The standard InChI is InChI=1S/C31H28N2/c1-23-13-17-26(18-14-23)29-30(27-19-15-24(2)16-20-27)33(22-21-25-9-5-3-6-10-25)31(32-29)28-11-7-4-8-12-28/h3-20H,21-22H2,1-2H3. The van der Waals surface area contributed by atoms with E-state index >= 15 is 0 Å². The minimum Gasteiger partial charge on any atom is -0.323 e. The van der Waals surface area contributed by atoms with Crippen LogP contribution in [-0.2, 0) is 13.0 Å². The van der Waals surface area contributed by atoms with Gasteiger partial charge in [0, 0.05) is 23.2 Å².